The summed E-state index contributed by atoms with van der Waals surface area (Å²) in [5, 5.41) is 18.7. The second kappa shape index (κ2) is 4.14. The van der Waals surface area contributed by atoms with E-state index >= 15 is 0 Å². The maximum absolute atomic E-state index is 9.89. The first-order chi connectivity index (χ1) is 8.69. The topological polar surface area (TPSA) is 86.2 Å². The van der Waals surface area contributed by atoms with Crippen molar-refractivity contribution in [2.45, 2.75) is 18.9 Å². The van der Waals surface area contributed by atoms with E-state index in [1.807, 2.05) is 6.07 Å². The molecule has 3 unspecified atom stereocenters. The van der Waals surface area contributed by atoms with Crippen LogP contribution in [0.2, 0.25) is 0 Å². The number of pyridine rings is 1. The lowest BCUT2D eigenvalue weighted by atomic mass is 10.00. The summed E-state index contributed by atoms with van der Waals surface area (Å²) in [6, 6.07) is 3.69. The van der Waals surface area contributed by atoms with Gasteiger partial charge in [-0.3, -0.25) is 0 Å². The van der Waals surface area contributed by atoms with Crippen LogP contribution in [0.4, 0.5) is 11.5 Å². The van der Waals surface area contributed by atoms with Gasteiger partial charge in [-0.05, 0) is 24.8 Å². The first-order valence-electron chi connectivity index (χ1n) is 6.27. The molecule has 1 aliphatic heterocycles. The van der Waals surface area contributed by atoms with E-state index in [1.54, 1.807) is 12.3 Å². The Morgan fingerprint density at radius 3 is 2.94 bits per heavy atom. The Balaban J connectivity index is 1.83. The maximum Gasteiger partial charge on any atom is 0.151 e. The molecule has 2 aliphatic rings. The van der Waals surface area contributed by atoms with Crippen molar-refractivity contribution in [3.63, 3.8) is 0 Å². The lowest BCUT2D eigenvalue weighted by Crippen LogP contribution is -2.26. The fourth-order valence-corrected chi connectivity index (χ4v) is 3.21. The van der Waals surface area contributed by atoms with Gasteiger partial charge in [0.15, 0.2) is 5.82 Å². The quantitative estimate of drug-likeness (QED) is 0.761. The Labute approximate surface area is 106 Å². The number of rotatable bonds is 1. The van der Waals surface area contributed by atoms with E-state index in [4.69, 9.17) is 11.0 Å². The zero-order chi connectivity index (χ0) is 12.7. The number of nitriles is 1. The van der Waals surface area contributed by atoms with Gasteiger partial charge in [-0.2, -0.15) is 5.26 Å². The summed E-state index contributed by atoms with van der Waals surface area (Å²) in [4.78, 5) is 6.41. The van der Waals surface area contributed by atoms with Crippen LogP contribution in [0.25, 0.3) is 0 Å². The van der Waals surface area contributed by atoms with Crippen LogP contribution in [0.5, 0.6) is 0 Å². The molecule has 0 aromatic carbocycles. The number of nitrogens with zero attached hydrogens (tertiary/aromatic N) is 3. The van der Waals surface area contributed by atoms with Crippen molar-refractivity contribution in [1.29, 1.82) is 5.26 Å². The molecule has 2 fully saturated rings. The van der Waals surface area contributed by atoms with Gasteiger partial charge in [0.1, 0.15) is 6.07 Å². The molecule has 5 heteroatoms. The van der Waals surface area contributed by atoms with E-state index in [0.29, 0.717) is 23.1 Å². The van der Waals surface area contributed by atoms with Gasteiger partial charge in [0, 0.05) is 25.2 Å². The highest BCUT2D eigenvalue weighted by molar-refractivity contribution is 5.65. The van der Waals surface area contributed by atoms with Crippen molar-refractivity contribution in [2.75, 3.05) is 23.7 Å². The molecule has 0 radical (unpaired) electrons. The predicted molar refractivity (Wildman–Crippen MR) is 67.8 cm³/mol. The molecule has 1 aromatic heterocycles. The average molecular weight is 244 g/mol. The van der Waals surface area contributed by atoms with Crippen LogP contribution >= 0.6 is 0 Å². The molecule has 18 heavy (non-hydrogen) atoms. The van der Waals surface area contributed by atoms with Gasteiger partial charge in [-0.1, -0.05) is 0 Å². The Kier molecular flexibility index (Phi) is 2.60. The molecular formula is C13H16N4O. The van der Waals surface area contributed by atoms with Crippen molar-refractivity contribution >= 4 is 11.5 Å². The molecule has 1 aliphatic carbocycles. The first-order valence-corrected chi connectivity index (χ1v) is 6.27. The van der Waals surface area contributed by atoms with E-state index in [-0.39, 0.29) is 6.10 Å². The molecule has 1 aromatic rings. The third-order valence-corrected chi connectivity index (χ3v) is 4.14. The van der Waals surface area contributed by atoms with Gasteiger partial charge in [-0.15, -0.1) is 0 Å². The van der Waals surface area contributed by atoms with Crippen molar-refractivity contribution < 1.29 is 5.11 Å². The van der Waals surface area contributed by atoms with E-state index in [2.05, 4.69) is 9.88 Å². The van der Waals surface area contributed by atoms with E-state index < -0.39 is 0 Å². The van der Waals surface area contributed by atoms with Crippen LogP contribution in [0, 0.1) is 23.2 Å². The van der Waals surface area contributed by atoms with Gasteiger partial charge >= 0.3 is 0 Å². The Morgan fingerprint density at radius 2 is 2.28 bits per heavy atom. The number of hydrogen-bond donors (Lipinski definition) is 2. The van der Waals surface area contributed by atoms with Crippen LogP contribution < -0.4 is 10.6 Å². The molecule has 0 spiro atoms. The Hall–Kier alpha value is -1.80. The van der Waals surface area contributed by atoms with Gasteiger partial charge < -0.3 is 15.7 Å². The molecule has 3 rings (SSSR count). The highest BCUT2D eigenvalue weighted by Crippen LogP contribution is 2.40. The summed E-state index contributed by atoms with van der Waals surface area (Å²) in [6.07, 6.45) is 3.37. The average Bonchev–Trinajstić information content (AvgIpc) is 2.92. The van der Waals surface area contributed by atoms with Crippen LogP contribution in [0.1, 0.15) is 18.4 Å². The molecule has 3 atom stereocenters. The molecule has 1 saturated carbocycles. The van der Waals surface area contributed by atoms with E-state index in [9.17, 15) is 5.11 Å². The number of anilines is 2. The van der Waals surface area contributed by atoms with Gasteiger partial charge in [0.05, 0.1) is 17.4 Å². The summed E-state index contributed by atoms with van der Waals surface area (Å²) < 4.78 is 0. The van der Waals surface area contributed by atoms with E-state index in [0.717, 1.165) is 31.7 Å². The normalized spacial score (nSPS) is 30.2. The monoisotopic (exact) mass is 244 g/mol. The largest absolute Gasteiger partial charge is 0.396 e. The molecular weight excluding hydrogens is 228 g/mol. The smallest absolute Gasteiger partial charge is 0.151 e. The van der Waals surface area contributed by atoms with Crippen molar-refractivity contribution in [1.82, 2.24) is 4.98 Å². The number of hydrogen-bond acceptors (Lipinski definition) is 5. The number of aliphatic hydroxyl groups is 1. The number of aromatic nitrogens is 1. The summed E-state index contributed by atoms with van der Waals surface area (Å²) in [6.45, 7) is 1.72. The minimum Gasteiger partial charge on any atom is -0.396 e. The van der Waals surface area contributed by atoms with Gasteiger partial charge in [0.25, 0.3) is 0 Å². The molecule has 5 nitrogen and oxygen atoms in total. The first kappa shape index (κ1) is 11.3. The predicted octanol–water partition coefficient (Wildman–Crippen LogP) is 0.743. The van der Waals surface area contributed by atoms with Crippen molar-refractivity contribution in [2.24, 2.45) is 11.8 Å². The fraction of sp³-hybridized carbons (Fsp3) is 0.538. The minimum atomic E-state index is -0.181. The molecule has 3 N–H and O–H groups in total. The lowest BCUT2D eigenvalue weighted by molar-refractivity contribution is 0.133. The lowest BCUT2D eigenvalue weighted by Gasteiger charge is -2.20. The second-order valence-electron chi connectivity index (χ2n) is 5.22. The Morgan fingerprint density at radius 1 is 1.44 bits per heavy atom. The summed E-state index contributed by atoms with van der Waals surface area (Å²) >= 11 is 0. The summed E-state index contributed by atoms with van der Waals surface area (Å²) in [5.74, 6) is 1.65. The number of aliphatic hydroxyl groups excluding tert-OH is 1. The standard InChI is InChI=1S/C13H16N4O/c14-4-8-3-11(15)13(16-5-8)17-6-9-1-2-12(18)10(9)7-17/h3,5,9-10,12,18H,1-2,6-7,15H2. The zero-order valence-electron chi connectivity index (χ0n) is 10.1. The summed E-state index contributed by atoms with van der Waals surface area (Å²) in [7, 11) is 0. The van der Waals surface area contributed by atoms with Crippen LogP contribution in [0.15, 0.2) is 12.3 Å². The Bertz CT molecular complexity index is 510. The molecule has 94 valence electrons. The molecule has 0 amide bonds. The van der Waals surface area contributed by atoms with Gasteiger partial charge in [0.2, 0.25) is 0 Å². The van der Waals surface area contributed by atoms with Crippen LogP contribution in [-0.2, 0) is 0 Å². The fourth-order valence-electron chi connectivity index (χ4n) is 3.21. The SMILES string of the molecule is N#Cc1cnc(N2CC3CCC(O)C3C2)c(N)c1. The van der Waals surface area contributed by atoms with Crippen molar-refractivity contribution in [3.05, 3.63) is 17.8 Å². The molecule has 0 bridgehead atoms. The highest BCUT2D eigenvalue weighted by Gasteiger charge is 2.42. The molecule has 1 saturated heterocycles. The zero-order valence-corrected chi connectivity index (χ0v) is 10.1. The van der Waals surface area contributed by atoms with Crippen LogP contribution in [-0.4, -0.2) is 29.3 Å². The van der Waals surface area contributed by atoms with E-state index in [1.165, 1.54) is 0 Å². The summed E-state index contributed by atoms with van der Waals surface area (Å²) in [5.41, 5.74) is 6.97. The van der Waals surface area contributed by atoms with Crippen molar-refractivity contribution in [3.8, 4) is 6.07 Å². The third kappa shape index (κ3) is 1.70. The van der Waals surface area contributed by atoms with Crippen LogP contribution in [0.3, 0.4) is 0 Å². The number of nitrogens with two attached hydrogens (primary N) is 1. The number of nitrogen functional groups attached to an aromatic ring is 1. The second-order valence-corrected chi connectivity index (χ2v) is 5.22. The maximum atomic E-state index is 9.89. The minimum absolute atomic E-state index is 0.181. The van der Waals surface area contributed by atoms with Gasteiger partial charge in [-0.25, -0.2) is 4.98 Å². The third-order valence-electron chi connectivity index (χ3n) is 4.14. The molecule has 2 heterocycles. The number of fused-ring (bicyclic) bond motifs is 1. The highest BCUT2D eigenvalue weighted by atomic mass is 16.3.